The standard InChI is InChI=1S/C12H14Br2ClNO/c13-6-2-1-3-7-16-12(17)9-4-5-10(14)11(15)8-9/h4-5,8H,1-3,6-7H2,(H,16,17). The highest BCUT2D eigenvalue weighted by molar-refractivity contribution is 9.10. The lowest BCUT2D eigenvalue weighted by atomic mass is 10.2. The second kappa shape index (κ2) is 8.11. The summed E-state index contributed by atoms with van der Waals surface area (Å²) in [6.07, 6.45) is 3.26. The number of rotatable bonds is 6. The van der Waals surface area contributed by atoms with Crippen LogP contribution in [0.2, 0.25) is 5.02 Å². The average molecular weight is 384 g/mol. The number of benzene rings is 1. The van der Waals surface area contributed by atoms with Crippen molar-refractivity contribution in [3.05, 3.63) is 33.3 Å². The van der Waals surface area contributed by atoms with Gasteiger partial charge in [-0.1, -0.05) is 34.0 Å². The van der Waals surface area contributed by atoms with E-state index in [0.29, 0.717) is 17.1 Å². The predicted molar refractivity (Wildman–Crippen MR) is 79.1 cm³/mol. The lowest BCUT2D eigenvalue weighted by Gasteiger charge is -2.05. The highest BCUT2D eigenvalue weighted by Crippen LogP contribution is 2.23. The maximum atomic E-state index is 11.7. The Labute approximate surface area is 123 Å². The molecule has 0 unspecified atom stereocenters. The molecule has 1 aromatic carbocycles. The maximum Gasteiger partial charge on any atom is 0.251 e. The average Bonchev–Trinajstić information content (AvgIpc) is 2.32. The van der Waals surface area contributed by atoms with E-state index in [9.17, 15) is 4.79 Å². The summed E-state index contributed by atoms with van der Waals surface area (Å²) in [6.45, 7) is 0.708. The van der Waals surface area contributed by atoms with Gasteiger partial charge in [0, 0.05) is 21.9 Å². The van der Waals surface area contributed by atoms with Gasteiger partial charge in [-0.05, 0) is 47.0 Å². The molecule has 1 rings (SSSR count). The number of nitrogens with one attached hydrogen (secondary N) is 1. The van der Waals surface area contributed by atoms with E-state index in [1.165, 1.54) is 0 Å². The topological polar surface area (TPSA) is 29.1 Å². The van der Waals surface area contributed by atoms with Crippen LogP contribution in [0.1, 0.15) is 29.6 Å². The fourth-order valence-corrected chi connectivity index (χ4v) is 2.16. The Morgan fingerprint density at radius 2 is 2.06 bits per heavy atom. The molecule has 2 nitrogen and oxygen atoms in total. The van der Waals surface area contributed by atoms with Crippen LogP contribution in [0.5, 0.6) is 0 Å². The van der Waals surface area contributed by atoms with E-state index in [4.69, 9.17) is 11.6 Å². The Kier molecular flexibility index (Phi) is 7.16. The molecule has 17 heavy (non-hydrogen) atoms. The molecule has 0 aliphatic heterocycles. The molecule has 0 saturated heterocycles. The second-order valence-corrected chi connectivity index (χ2v) is 5.69. The molecule has 1 amide bonds. The molecule has 0 saturated carbocycles. The van der Waals surface area contributed by atoms with Gasteiger partial charge < -0.3 is 5.32 Å². The van der Waals surface area contributed by atoms with Crippen LogP contribution < -0.4 is 5.32 Å². The van der Waals surface area contributed by atoms with Gasteiger partial charge in [0.2, 0.25) is 0 Å². The molecule has 0 heterocycles. The van der Waals surface area contributed by atoms with E-state index in [1.807, 2.05) is 0 Å². The first-order valence-electron chi connectivity index (χ1n) is 5.44. The summed E-state index contributed by atoms with van der Waals surface area (Å²) in [5, 5.41) is 4.45. The van der Waals surface area contributed by atoms with Crippen LogP contribution in [0.3, 0.4) is 0 Å². The van der Waals surface area contributed by atoms with Gasteiger partial charge in [0.1, 0.15) is 0 Å². The molecule has 0 fully saturated rings. The van der Waals surface area contributed by atoms with Crippen molar-refractivity contribution in [3.8, 4) is 0 Å². The van der Waals surface area contributed by atoms with Crippen molar-refractivity contribution < 1.29 is 4.79 Å². The largest absolute Gasteiger partial charge is 0.352 e. The number of halogens is 3. The van der Waals surface area contributed by atoms with Crippen LogP contribution >= 0.6 is 43.5 Å². The number of carbonyl (C=O) groups is 1. The van der Waals surface area contributed by atoms with Gasteiger partial charge in [-0.2, -0.15) is 0 Å². The summed E-state index contributed by atoms with van der Waals surface area (Å²) >= 11 is 12.6. The van der Waals surface area contributed by atoms with Crippen molar-refractivity contribution in [1.82, 2.24) is 5.32 Å². The molecule has 0 atom stereocenters. The van der Waals surface area contributed by atoms with Crippen molar-refractivity contribution in [2.24, 2.45) is 0 Å². The molecular formula is C12H14Br2ClNO. The van der Waals surface area contributed by atoms with Crippen molar-refractivity contribution in [2.45, 2.75) is 19.3 Å². The Morgan fingerprint density at radius 3 is 2.71 bits per heavy atom. The highest BCUT2D eigenvalue weighted by Gasteiger charge is 2.06. The maximum absolute atomic E-state index is 11.7. The van der Waals surface area contributed by atoms with E-state index in [0.717, 1.165) is 29.1 Å². The highest BCUT2D eigenvalue weighted by atomic mass is 79.9. The molecule has 0 bridgehead atoms. The molecule has 94 valence electrons. The minimum absolute atomic E-state index is 0.0711. The minimum atomic E-state index is -0.0711. The Hall–Kier alpha value is -0.0600. The van der Waals surface area contributed by atoms with Crippen LogP contribution in [-0.4, -0.2) is 17.8 Å². The fraction of sp³-hybridized carbons (Fsp3) is 0.417. The van der Waals surface area contributed by atoms with Crippen LogP contribution in [-0.2, 0) is 0 Å². The molecular weight excluding hydrogens is 369 g/mol. The number of alkyl halides is 1. The van der Waals surface area contributed by atoms with Gasteiger partial charge in [0.15, 0.2) is 0 Å². The number of hydrogen-bond acceptors (Lipinski definition) is 1. The molecule has 0 aliphatic carbocycles. The van der Waals surface area contributed by atoms with Crippen molar-refractivity contribution >= 4 is 49.4 Å². The van der Waals surface area contributed by atoms with Gasteiger partial charge in [-0.15, -0.1) is 0 Å². The van der Waals surface area contributed by atoms with E-state index < -0.39 is 0 Å². The Bertz CT molecular complexity index is 385. The van der Waals surface area contributed by atoms with Crippen LogP contribution in [0.25, 0.3) is 0 Å². The summed E-state index contributed by atoms with van der Waals surface area (Å²) in [5.41, 5.74) is 0.596. The van der Waals surface area contributed by atoms with Gasteiger partial charge in [0.05, 0.1) is 5.02 Å². The Balaban J connectivity index is 2.39. The number of carbonyl (C=O) groups excluding carboxylic acids is 1. The van der Waals surface area contributed by atoms with Crippen molar-refractivity contribution in [2.75, 3.05) is 11.9 Å². The lowest BCUT2D eigenvalue weighted by Crippen LogP contribution is -2.24. The summed E-state index contributed by atoms with van der Waals surface area (Å²) in [4.78, 5) is 11.7. The lowest BCUT2D eigenvalue weighted by molar-refractivity contribution is 0.0953. The fourth-order valence-electron chi connectivity index (χ4n) is 1.34. The SMILES string of the molecule is O=C(NCCCCCBr)c1ccc(Br)c(Cl)c1. The molecule has 1 aromatic rings. The third-order valence-corrected chi connectivity index (χ3v) is 4.07. The van der Waals surface area contributed by atoms with Crippen molar-refractivity contribution in [3.63, 3.8) is 0 Å². The third-order valence-electron chi connectivity index (χ3n) is 2.28. The van der Waals surface area contributed by atoms with E-state index in [2.05, 4.69) is 37.2 Å². The first-order chi connectivity index (χ1) is 8.15. The molecule has 0 aliphatic rings. The molecule has 5 heteroatoms. The van der Waals surface area contributed by atoms with E-state index in [1.54, 1.807) is 18.2 Å². The Morgan fingerprint density at radius 1 is 1.29 bits per heavy atom. The number of hydrogen-bond donors (Lipinski definition) is 1. The first-order valence-corrected chi connectivity index (χ1v) is 7.73. The van der Waals surface area contributed by atoms with Gasteiger partial charge in [-0.3, -0.25) is 4.79 Å². The van der Waals surface area contributed by atoms with Crippen LogP contribution in [0.4, 0.5) is 0 Å². The zero-order chi connectivity index (χ0) is 12.7. The number of unbranched alkanes of at least 4 members (excludes halogenated alkanes) is 2. The summed E-state index contributed by atoms with van der Waals surface area (Å²) in [5.74, 6) is -0.0711. The second-order valence-electron chi connectivity index (χ2n) is 3.63. The number of amides is 1. The molecule has 0 aromatic heterocycles. The summed E-state index contributed by atoms with van der Waals surface area (Å²) in [6, 6.07) is 5.20. The normalized spacial score (nSPS) is 10.3. The molecule has 1 N–H and O–H groups in total. The van der Waals surface area contributed by atoms with Gasteiger partial charge in [0.25, 0.3) is 5.91 Å². The van der Waals surface area contributed by atoms with Crippen LogP contribution in [0.15, 0.2) is 22.7 Å². The molecule has 0 radical (unpaired) electrons. The molecule has 0 spiro atoms. The zero-order valence-electron chi connectivity index (χ0n) is 9.31. The monoisotopic (exact) mass is 381 g/mol. The predicted octanol–water partition coefficient (Wildman–Crippen LogP) is 4.40. The van der Waals surface area contributed by atoms with Crippen molar-refractivity contribution in [1.29, 1.82) is 0 Å². The van der Waals surface area contributed by atoms with Crippen LogP contribution in [0, 0.1) is 0 Å². The first kappa shape index (κ1) is 15.0. The smallest absolute Gasteiger partial charge is 0.251 e. The van der Waals surface area contributed by atoms with Gasteiger partial charge in [-0.25, -0.2) is 0 Å². The van der Waals surface area contributed by atoms with E-state index in [-0.39, 0.29) is 5.91 Å². The van der Waals surface area contributed by atoms with E-state index >= 15 is 0 Å². The quantitative estimate of drug-likeness (QED) is 0.573. The summed E-state index contributed by atoms with van der Waals surface area (Å²) in [7, 11) is 0. The summed E-state index contributed by atoms with van der Waals surface area (Å²) < 4.78 is 0.799. The van der Waals surface area contributed by atoms with Gasteiger partial charge >= 0.3 is 0 Å². The minimum Gasteiger partial charge on any atom is -0.352 e. The zero-order valence-corrected chi connectivity index (χ0v) is 13.2. The third kappa shape index (κ3) is 5.40.